The Labute approximate surface area is 124 Å². The van der Waals surface area contributed by atoms with Gasteiger partial charge in [0.15, 0.2) is 11.5 Å². The van der Waals surface area contributed by atoms with Crippen LogP contribution in [0.4, 0.5) is 0 Å². The number of hydrogen-bond donors (Lipinski definition) is 1. The van der Waals surface area contributed by atoms with Crippen LogP contribution in [-0.4, -0.2) is 48.8 Å². The minimum absolute atomic E-state index is 0.0297. The van der Waals surface area contributed by atoms with Gasteiger partial charge in [0.1, 0.15) is 0 Å². The molecular weight excluding hydrogens is 270 g/mol. The quantitative estimate of drug-likeness (QED) is 0.901. The van der Waals surface area contributed by atoms with Crippen molar-refractivity contribution >= 4 is 5.91 Å². The summed E-state index contributed by atoms with van der Waals surface area (Å²) in [6.45, 7) is 2.89. The van der Waals surface area contributed by atoms with Crippen LogP contribution in [0.5, 0.6) is 11.5 Å². The lowest BCUT2D eigenvalue weighted by Crippen LogP contribution is -2.39. The Balaban J connectivity index is 1.72. The molecule has 0 saturated carbocycles. The van der Waals surface area contributed by atoms with Crippen molar-refractivity contribution in [2.45, 2.75) is 19.3 Å². The van der Waals surface area contributed by atoms with E-state index in [-0.39, 0.29) is 12.5 Å². The van der Waals surface area contributed by atoms with E-state index >= 15 is 0 Å². The average molecular weight is 291 g/mol. The molecule has 21 heavy (non-hydrogen) atoms. The van der Waals surface area contributed by atoms with E-state index in [1.54, 1.807) is 12.1 Å². The summed E-state index contributed by atoms with van der Waals surface area (Å²) in [4.78, 5) is 14.4. The molecule has 0 bridgehead atoms. The van der Waals surface area contributed by atoms with E-state index in [0.717, 1.165) is 19.3 Å². The number of carbonyl (C=O) groups is 1. The van der Waals surface area contributed by atoms with Crippen LogP contribution in [0.3, 0.4) is 0 Å². The van der Waals surface area contributed by atoms with Gasteiger partial charge in [-0.25, -0.2) is 0 Å². The van der Waals surface area contributed by atoms with Gasteiger partial charge in [-0.2, -0.15) is 0 Å². The van der Waals surface area contributed by atoms with E-state index in [1.165, 1.54) is 0 Å². The monoisotopic (exact) mass is 291 g/mol. The van der Waals surface area contributed by atoms with Crippen molar-refractivity contribution in [1.82, 2.24) is 4.90 Å². The molecule has 0 aromatic heterocycles. The van der Waals surface area contributed by atoms with Crippen LogP contribution in [0.1, 0.15) is 29.6 Å². The van der Waals surface area contributed by atoms with Crippen molar-refractivity contribution in [3.05, 3.63) is 23.8 Å². The van der Waals surface area contributed by atoms with Crippen LogP contribution in [0.25, 0.3) is 0 Å². The van der Waals surface area contributed by atoms with Crippen molar-refractivity contribution in [2.75, 3.05) is 32.9 Å². The van der Waals surface area contributed by atoms with Crippen molar-refractivity contribution in [3.8, 4) is 11.5 Å². The smallest absolute Gasteiger partial charge is 0.253 e. The zero-order valence-electron chi connectivity index (χ0n) is 12.1. The van der Waals surface area contributed by atoms with E-state index < -0.39 is 0 Å². The predicted molar refractivity (Wildman–Crippen MR) is 77.8 cm³/mol. The van der Waals surface area contributed by atoms with Crippen LogP contribution < -0.4 is 9.47 Å². The third kappa shape index (κ3) is 3.13. The Morgan fingerprint density at radius 3 is 2.62 bits per heavy atom. The lowest BCUT2D eigenvalue weighted by molar-refractivity contribution is 0.0650. The van der Waals surface area contributed by atoms with Gasteiger partial charge in [-0.05, 0) is 37.0 Å². The summed E-state index contributed by atoms with van der Waals surface area (Å²) in [5.74, 6) is 1.73. The van der Waals surface area contributed by atoms with Gasteiger partial charge in [-0.15, -0.1) is 0 Å². The molecule has 1 saturated heterocycles. The first-order valence-electron chi connectivity index (χ1n) is 7.57. The molecular formula is C16H21NO4. The SMILES string of the molecule is O=C(c1ccc2c(c1)OCCCO2)N1CCC(CO)CC1. The maximum absolute atomic E-state index is 12.5. The second-order valence-electron chi connectivity index (χ2n) is 5.63. The number of benzene rings is 1. The lowest BCUT2D eigenvalue weighted by atomic mass is 9.97. The fourth-order valence-corrected chi connectivity index (χ4v) is 2.80. The Morgan fingerprint density at radius 2 is 1.90 bits per heavy atom. The molecule has 0 unspecified atom stereocenters. The number of fused-ring (bicyclic) bond motifs is 1. The molecule has 1 amide bonds. The summed E-state index contributed by atoms with van der Waals surface area (Å²) in [6, 6.07) is 5.39. The number of carbonyl (C=O) groups excluding carboxylic acids is 1. The van der Waals surface area contributed by atoms with Gasteiger partial charge in [0.25, 0.3) is 5.91 Å². The molecule has 3 rings (SSSR count). The highest BCUT2D eigenvalue weighted by molar-refractivity contribution is 5.95. The second kappa shape index (κ2) is 6.35. The predicted octanol–water partition coefficient (Wildman–Crippen LogP) is 1.69. The molecule has 0 spiro atoms. The van der Waals surface area contributed by atoms with E-state index in [4.69, 9.17) is 14.6 Å². The van der Waals surface area contributed by atoms with Crippen LogP contribution in [0, 0.1) is 5.92 Å². The van der Waals surface area contributed by atoms with Crippen molar-refractivity contribution in [1.29, 1.82) is 0 Å². The van der Waals surface area contributed by atoms with Gasteiger partial charge in [0.2, 0.25) is 0 Å². The number of aliphatic hydroxyl groups excluding tert-OH is 1. The maximum atomic E-state index is 12.5. The summed E-state index contributed by atoms with van der Waals surface area (Å²) < 4.78 is 11.2. The fourth-order valence-electron chi connectivity index (χ4n) is 2.80. The number of likely N-dealkylation sites (tertiary alicyclic amines) is 1. The summed E-state index contributed by atoms with van der Waals surface area (Å²) in [5.41, 5.74) is 0.640. The lowest BCUT2D eigenvalue weighted by Gasteiger charge is -2.31. The number of nitrogens with zero attached hydrogens (tertiary/aromatic N) is 1. The highest BCUT2D eigenvalue weighted by Crippen LogP contribution is 2.31. The van der Waals surface area contributed by atoms with Gasteiger partial charge in [0, 0.05) is 31.7 Å². The van der Waals surface area contributed by atoms with E-state index in [2.05, 4.69) is 0 Å². The molecule has 0 atom stereocenters. The highest BCUT2D eigenvalue weighted by atomic mass is 16.5. The average Bonchev–Trinajstić information content (AvgIpc) is 2.79. The van der Waals surface area contributed by atoms with Crippen molar-refractivity contribution < 1.29 is 19.4 Å². The van der Waals surface area contributed by atoms with Gasteiger partial charge in [-0.1, -0.05) is 0 Å². The fraction of sp³-hybridized carbons (Fsp3) is 0.562. The number of rotatable bonds is 2. The summed E-state index contributed by atoms with van der Waals surface area (Å²) in [5, 5.41) is 9.16. The first-order valence-corrected chi connectivity index (χ1v) is 7.57. The zero-order chi connectivity index (χ0) is 14.7. The number of piperidine rings is 1. The molecule has 0 radical (unpaired) electrons. The van der Waals surface area contributed by atoms with Gasteiger partial charge >= 0.3 is 0 Å². The van der Waals surface area contributed by atoms with E-state index in [1.807, 2.05) is 11.0 Å². The second-order valence-corrected chi connectivity index (χ2v) is 5.63. The van der Waals surface area contributed by atoms with Crippen molar-refractivity contribution in [2.24, 2.45) is 5.92 Å². The molecule has 1 N–H and O–H groups in total. The van der Waals surface area contributed by atoms with Crippen molar-refractivity contribution in [3.63, 3.8) is 0 Å². The molecule has 2 aliphatic rings. The molecule has 1 aromatic carbocycles. The van der Waals surface area contributed by atoms with E-state index in [9.17, 15) is 4.79 Å². The molecule has 5 heteroatoms. The summed E-state index contributed by atoms with van der Waals surface area (Å²) in [7, 11) is 0. The van der Waals surface area contributed by atoms with Crippen LogP contribution >= 0.6 is 0 Å². The number of aliphatic hydroxyl groups is 1. The Bertz CT molecular complexity index is 509. The molecule has 114 valence electrons. The molecule has 0 aliphatic carbocycles. The largest absolute Gasteiger partial charge is 0.490 e. The summed E-state index contributed by atoms with van der Waals surface area (Å²) in [6.07, 6.45) is 2.59. The van der Waals surface area contributed by atoms with Crippen LogP contribution in [0.2, 0.25) is 0 Å². The van der Waals surface area contributed by atoms with Crippen LogP contribution in [-0.2, 0) is 0 Å². The third-order valence-electron chi connectivity index (χ3n) is 4.15. The molecule has 2 aliphatic heterocycles. The minimum atomic E-state index is 0.0297. The molecule has 2 heterocycles. The number of amides is 1. The number of hydrogen-bond acceptors (Lipinski definition) is 4. The van der Waals surface area contributed by atoms with Gasteiger partial charge in [0.05, 0.1) is 13.2 Å². The van der Waals surface area contributed by atoms with Gasteiger partial charge < -0.3 is 19.5 Å². The summed E-state index contributed by atoms with van der Waals surface area (Å²) >= 11 is 0. The Kier molecular flexibility index (Phi) is 4.29. The Morgan fingerprint density at radius 1 is 1.19 bits per heavy atom. The van der Waals surface area contributed by atoms with Gasteiger partial charge in [-0.3, -0.25) is 4.79 Å². The molecule has 1 fully saturated rings. The third-order valence-corrected chi connectivity index (χ3v) is 4.15. The standard InChI is InChI=1S/C16H21NO4/c18-11-12-4-6-17(7-5-12)16(19)13-2-3-14-15(10-13)21-9-1-8-20-14/h2-3,10,12,18H,1,4-9,11H2. The normalized spacial score (nSPS) is 19.2. The van der Waals surface area contributed by atoms with E-state index in [0.29, 0.717) is 49.3 Å². The zero-order valence-corrected chi connectivity index (χ0v) is 12.1. The number of ether oxygens (including phenoxy) is 2. The first-order chi connectivity index (χ1) is 10.3. The highest BCUT2D eigenvalue weighted by Gasteiger charge is 2.24. The minimum Gasteiger partial charge on any atom is -0.490 e. The van der Waals surface area contributed by atoms with Crippen LogP contribution in [0.15, 0.2) is 18.2 Å². The molecule has 5 nitrogen and oxygen atoms in total. The maximum Gasteiger partial charge on any atom is 0.253 e. The Hall–Kier alpha value is -1.75. The topological polar surface area (TPSA) is 59.0 Å². The molecule has 1 aromatic rings. The first kappa shape index (κ1) is 14.2.